The van der Waals surface area contributed by atoms with E-state index in [1.807, 2.05) is 4.90 Å². The molecule has 0 spiro atoms. The average Bonchev–Trinajstić information content (AvgIpc) is 2.68. The molecular weight excluding hydrogens is 368 g/mol. The van der Waals surface area contributed by atoms with Gasteiger partial charge in [-0.2, -0.15) is 0 Å². The van der Waals surface area contributed by atoms with E-state index in [0.29, 0.717) is 43.2 Å². The fourth-order valence-electron chi connectivity index (χ4n) is 2.95. The van der Waals surface area contributed by atoms with Gasteiger partial charge in [0, 0.05) is 42.4 Å². The van der Waals surface area contributed by atoms with Gasteiger partial charge in [-0.15, -0.1) is 0 Å². The van der Waals surface area contributed by atoms with Crippen LogP contribution in [0.1, 0.15) is 15.9 Å². The number of nitrogens with zero attached hydrogens (tertiary/aromatic N) is 3. The zero-order chi connectivity index (χ0) is 20.3. The zero-order valence-electron chi connectivity index (χ0n) is 15.1. The lowest BCUT2D eigenvalue weighted by Crippen LogP contribution is -2.36. The van der Waals surface area contributed by atoms with Crippen molar-refractivity contribution in [3.8, 4) is 0 Å². The predicted molar refractivity (Wildman–Crippen MR) is 102 cm³/mol. The minimum absolute atomic E-state index is 0.0922. The van der Waals surface area contributed by atoms with Gasteiger partial charge in [-0.3, -0.25) is 25.0 Å². The van der Waals surface area contributed by atoms with Gasteiger partial charge in [0.25, 0.3) is 17.3 Å². The summed E-state index contributed by atoms with van der Waals surface area (Å²) in [6.07, 6.45) is 0. The summed E-state index contributed by atoms with van der Waals surface area (Å²) in [4.78, 5) is 35.7. The van der Waals surface area contributed by atoms with Crippen LogP contribution in [-0.2, 0) is 4.74 Å². The quantitative estimate of drug-likeness (QED) is 0.618. The standard InChI is InChI=1S/C18H18N4O6/c1-12-2-3-13(10-16(12)22(26)27)18(23)19-15-5-4-14(21(24)25)11-17(15)20-6-8-28-9-7-20/h2-5,10-11H,6-9H2,1H3,(H,19,23). The Hall–Kier alpha value is -3.53. The van der Waals surface area contributed by atoms with Crippen molar-refractivity contribution in [3.63, 3.8) is 0 Å². The second kappa shape index (κ2) is 8.01. The van der Waals surface area contributed by atoms with Crippen LogP contribution in [0.2, 0.25) is 0 Å². The number of amides is 1. The number of benzene rings is 2. The second-order valence-electron chi connectivity index (χ2n) is 6.27. The van der Waals surface area contributed by atoms with E-state index in [1.165, 1.54) is 36.4 Å². The van der Waals surface area contributed by atoms with Gasteiger partial charge in [0.15, 0.2) is 0 Å². The maximum absolute atomic E-state index is 12.6. The Kier molecular flexibility index (Phi) is 5.50. The number of carbonyl (C=O) groups is 1. The number of morpholine rings is 1. The van der Waals surface area contributed by atoms with Crippen LogP contribution in [0.15, 0.2) is 36.4 Å². The molecule has 0 aliphatic carbocycles. The van der Waals surface area contributed by atoms with Crippen LogP contribution in [0.5, 0.6) is 0 Å². The van der Waals surface area contributed by atoms with Crippen molar-refractivity contribution >= 4 is 28.7 Å². The van der Waals surface area contributed by atoms with Crippen molar-refractivity contribution in [1.82, 2.24) is 0 Å². The molecule has 10 heteroatoms. The van der Waals surface area contributed by atoms with Gasteiger partial charge in [0.2, 0.25) is 0 Å². The number of ether oxygens (including phenoxy) is 1. The average molecular weight is 386 g/mol. The maximum atomic E-state index is 12.6. The molecule has 1 aliphatic heterocycles. The molecule has 28 heavy (non-hydrogen) atoms. The third-order valence-corrected chi connectivity index (χ3v) is 4.46. The highest BCUT2D eigenvalue weighted by molar-refractivity contribution is 6.06. The molecule has 0 radical (unpaired) electrons. The lowest BCUT2D eigenvalue weighted by molar-refractivity contribution is -0.385. The molecule has 1 N–H and O–H groups in total. The summed E-state index contributed by atoms with van der Waals surface area (Å²) >= 11 is 0. The Bertz CT molecular complexity index is 940. The molecule has 10 nitrogen and oxygen atoms in total. The number of carbonyl (C=O) groups excluding carboxylic acids is 1. The number of anilines is 2. The molecule has 0 atom stereocenters. The van der Waals surface area contributed by atoms with Gasteiger partial charge in [-0.1, -0.05) is 6.07 Å². The van der Waals surface area contributed by atoms with Gasteiger partial charge in [-0.25, -0.2) is 0 Å². The number of non-ortho nitro benzene ring substituents is 1. The number of nitro groups is 2. The minimum Gasteiger partial charge on any atom is -0.378 e. The molecule has 1 heterocycles. The van der Waals surface area contributed by atoms with Crippen LogP contribution in [0, 0.1) is 27.2 Å². The molecular formula is C18H18N4O6. The van der Waals surface area contributed by atoms with Crippen LogP contribution < -0.4 is 10.2 Å². The molecule has 1 aliphatic rings. The van der Waals surface area contributed by atoms with E-state index < -0.39 is 15.8 Å². The van der Waals surface area contributed by atoms with Crippen molar-refractivity contribution in [2.45, 2.75) is 6.92 Å². The summed E-state index contributed by atoms with van der Waals surface area (Å²) in [7, 11) is 0. The van der Waals surface area contributed by atoms with E-state index in [4.69, 9.17) is 4.74 Å². The first-order chi connectivity index (χ1) is 13.4. The van der Waals surface area contributed by atoms with Crippen molar-refractivity contribution in [3.05, 3.63) is 67.8 Å². The molecule has 3 rings (SSSR count). The van der Waals surface area contributed by atoms with Crippen molar-refractivity contribution < 1.29 is 19.4 Å². The van der Waals surface area contributed by atoms with Crippen molar-refractivity contribution in [2.75, 3.05) is 36.5 Å². The van der Waals surface area contributed by atoms with E-state index in [0.717, 1.165) is 0 Å². The first-order valence-corrected chi connectivity index (χ1v) is 8.54. The number of nitro benzene ring substituents is 2. The van der Waals surface area contributed by atoms with Gasteiger partial charge in [0.05, 0.1) is 34.4 Å². The van der Waals surface area contributed by atoms with Crippen molar-refractivity contribution in [2.24, 2.45) is 0 Å². The summed E-state index contributed by atoms with van der Waals surface area (Å²) in [5.41, 5.74) is 1.23. The summed E-state index contributed by atoms with van der Waals surface area (Å²) in [6.45, 7) is 3.59. The van der Waals surface area contributed by atoms with E-state index in [2.05, 4.69) is 5.32 Å². The Balaban J connectivity index is 1.92. The molecule has 1 saturated heterocycles. The predicted octanol–water partition coefficient (Wildman–Crippen LogP) is 2.90. The SMILES string of the molecule is Cc1ccc(C(=O)Nc2ccc([N+](=O)[O-])cc2N2CCOCC2)cc1[N+](=O)[O-]. The van der Waals surface area contributed by atoms with Crippen LogP contribution in [-0.4, -0.2) is 42.1 Å². The lowest BCUT2D eigenvalue weighted by atomic mass is 10.1. The van der Waals surface area contributed by atoms with Crippen molar-refractivity contribution in [1.29, 1.82) is 0 Å². The monoisotopic (exact) mass is 386 g/mol. The van der Waals surface area contributed by atoms with Crippen LogP contribution in [0.3, 0.4) is 0 Å². The van der Waals surface area contributed by atoms with Crippen LogP contribution >= 0.6 is 0 Å². The number of aryl methyl sites for hydroxylation is 1. The molecule has 0 aromatic heterocycles. The van der Waals surface area contributed by atoms with Crippen LogP contribution in [0.25, 0.3) is 0 Å². The fourth-order valence-corrected chi connectivity index (χ4v) is 2.95. The molecule has 0 bridgehead atoms. The number of nitrogens with one attached hydrogen (secondary N) is 1. The molecule has 2 aromatic rings. The first-order valence-electron chi connectivity index (χ1n) is 8.54. The molecule has 2 aromatic carbocycles. The van der Waals surface area contributed by atoms with Gasteiger partial charge in [0.1, 0.15) is 0 Å². The topological polar surface area (TPSA) is 128 Å². The second-order valence-corrected chi connectivity index (χ2v) is 6.27. The number of hydrogen-bond donors (Lipinski definition) is 1. The normalized spacial score (nSPS) is 13.8. The largest absolute Gasteiger partial charge is 0.378 e. The summed E-state index contributed by atoms with van der Waals surface area (Å²) in [5, 5.41) is 25.0. The Morgan fingerprint density at radius 3 is 2.43 bits per heavy atom. The molecule has 0 saturated carbocycles. The molecule has 1 amide bonds. The molecule has 146 valence electrons. The van der Waals surface area contributed by atoms with Gasteiger partial charge in [-0.05, 0) is 19.1 Å². The smallest absolute Gasteiger partial charge is 0.273 e. The maximum Gasteiger partial charge on any atom is 0.273 e. The highest BCUT2D eigenvalue weighted by Crippen LogP contribution is 2.31. The van der Waals surface area contributed by atoms with Gasteiger partial charge >= 0.3 is 0 Å². The van der Waals surface area contributed by atoms with E-state index >= 15 is 0 Å². The zero-order valence-corrected chi connectivity index (χ0v) is 15.1. The third-order valence-electron chi connectivity index (χ3n) is 4.46. The van der Waals surface area contributed by atoms with Crippen LogP contribution in [0.4, 0.5) is 22.7 Å². The Morgan fingerprint density at radius 2 is 1.79 bits per heavy atom. The lowest BCUT2D eigenvalue weighted by Gasteiger charge is -2.30. The van der Waals surface area contributed by atoms with E-state index in [-0.39, 0.29) is 16.9 Å². The Morgan fingerprint density at radius 1 is 1.07 bits per heavy atom. The van der Waals surface area contributed by atoms with Gasteiger partial charge < -0.3 is 15.0 Å². The Labute approximate surface area is 160 Å². The molecule has 1 fully saturated rings. The third kappa shape index (κ3) is 4.07. The summed E-state index contributed by atoms with van der Waals surface area (Å²) in [6, 6.07) is 8.38. The highest BCUT2D eigenvalue weighted by atomic mass is 16.6. The highest BCUT2D eigenvalue weighted by Gasteiger charge is 2.21. The fraction of sp³-hybridized carbons (Fsp3) is 0.278. The summed E-state index contributed by atoms with van der Waals surface area (Å²) < 4.78 is 5.31. The summed E-state index contributed by atoms with van der Waals surface area (Å²) in [5.74, 6) is -0.536. The molecule has 0 unspecified atom stereocenters. The van der Waals surface area contributed by atoms with E-state index in [1.54, 1.807) is 6.92 Å². The van der Waals surface area contributed by atoms with E-state index in [9.17, 15) is 25.0 Å². The first kappa shape index (κ1) is 19.2. The number of hydrogen-bond acceptors (Lipinski definition) is 7. The minimum atomic E-state index is -0.544. The number of rotatable bonds is 5.